The molecule has 7 nitrogen and oxygen atoms in total. The van der Waals surface area contributed by atoms with Crippen molar-refractivity contribution in [3.8, 4) is 5.75 Å². The number of amides is 4. The standard InChI is InChI=1S/C31H30Cl2N2O5/c1-34-28(39)30(32)15-21-19(12-13-20-23(21)27(38)35(26(20)37)17-8-3-2-4-9-17)25(31(30,33)29(34)40)24-18-10-6-5-7-16(18)11-14-22(24)36/h5-7,10-12,14,17,20-21,23,25,36H,2-4,8-9,13,15H2,1H3/t20-,21+,23-,25+,30+,31-/m0/s1. The molecule has 9 heteroatoms. The molecule has 0 spiro atoms. The number of aromatic hydroxyl groups is 1. The van der Waals surface area contributed by atoms with E-state index in [2.05, 4.69) is 0 Å². The van der Waals surface area contributed by atoms with E-state index in [-0.39, 0.29) is 30.0 Å². The Morgan fingerprint density at radius 2 is 1.62 bits per heavy atom. The number of alkyl halides is 2. The van der Waals surface area contributed by atoms with Gasteiger partial charge < -0.3 is 5.11 Å². The number of benzene rings is 2. The van der Waals surface area contributed by atoms with E-state index in [0.717, 1.165) is 42.4 Å². The molecular weight excluding hydrogens is 551 g/mol. The van der Waals surface area contributed by atoms with Gasteiger partial charge in [0.2, 0.25) is 11.8 Å². The highest BCUT2D eigenvalue weighted by Gasteiger charge is 2.76. The second-order valence-electron chi connectivity index (χ2n) is 12.1. The van der Waals surface area contributed by atoms with Crippen molar-refractivity contribution in [3.05, 3.63) is 53.6 Å². The SMILES string of the molecule is CN1C(=O)[C@]2(Cl)C[C@@H]3C(=CC[C@@H]4C(=O)N(C5CCCCC5)C(=O)[C@@H]43)[C@H](c3c(O)ccc4ccccc34)[C@]2(Cl)C1=O. The summed E-state index contributed by atoms with van der Waals surface area (Å²) in [6.07, 6.45) is 6.87. The van der Waals surface area contributed by atoms with Crippen LogP contribution in [0.3, 0.4) is 0 Å². The van der Waals surface area contributed by atoms with Gasteiger partial charge in [-0.15, -0.1) is 23.2 Å². The van der Waals surface area contributed by atoms with Crippen molar-refractivity contribution >= 4 is 57.6 Å². The third-order valence-corrected chi connectivity index (χ3v) is 11.6. The van der Waals surface area contributed by atoms with E-state index in [1.807, 2.05) is 30.3 Å². The Balaban J connectivity index is 1.43. The Morgan fingerprint density at radius 3 is 2.38 bits per heavy atom. The molecule has 2 aromatic rings. The molecular formula is C31H30Cl2N2O5. The van der Waals surface area contributed by atoms with Crippen molar-refractivity contribution in [2.45, 2.75) is 66.7 Å². The van der Waals surface area contributed by atoms with Crippen LogP contribution in [0.1, 0.15) is 56.4 Å². The van der Waals surface area contributed by atoms with Crippen LogP contribution in [0.2, 0.25) is 0 Å². The zero-order chi connectivity index (χ0) is 28.1. The van der Waals surface area contributed by atoms with Crippen LogP contribution >= 0.6 is 23.2 Å². The second kappa shape index (κ2) is 8.80. The van der Waals surface area contributed by atoms with Gasteiger partial charge in [0.25, 0.3) is 11.8 Å². The number of likely N-dealkylation sites (tertiary alicyclic amines) is 2. The Hall–Kier alpha value is -2.90. The third kappa shape index (κ3) is 3.14. The Morgan fingerprint density at radius 1 is 0.900 bits per heavy atom. The average molecular weight is 581 g/mol. The molecule has 0 radical (unpaired) electrons. The van der Waals surface area contributed by atoms with Crippen molar-refractivity contribution in [3.63, 3.8) is 0 Å². The predicted molar refractivity (Wildman–Crippen MR) is 150 cm³/mol. The second-order valence-corrected chi connectivity index (χ2v) is 13.3. The Bertz CT molecular complexity index is 1530. The van der Waals surface area contributed by atoms with Gasteiger partial charge in [-0.2, -0.15) is 0 Å². The van der Waals surface area contributed by atoms with Gasteiger partial charge in [0, 0.05) is 24.6 Å². The topological polar surface area (TPSA) is 95.0 Å². The molecule has 7 rings (SSSR count). The number of hydrogen-bond donors (Lipinski definition) is 1. The molecule has 4 fully saturated rings. The quantitative estimate of drug-likeness (QED) is 0.311. The minimum absolute atomic E-state index is 0.0421. The van der Waals surface area contributed by atoms with E-state index < -0.39 is 45.2 Å². The first-order valence-electron chi connectivity index (χ1n) is 14.1. The number of carbonyl (C=O) groups excluding carboxylic acids is 4. The maximum Gasteiger partial charge on any atom is 0.253 e. The van der Waals surface area contributed by atoms with Gasteiger partial charge in [-0.05, 0) is 48.4 Å². The zero-order valence-corrected chi connectivity index (χ0v) is 23.6. The number of hydrogen-bond acceptors (Lipinski definition) is 5. The molecule has 2 aliphatic heterocycles. The molecule has 4 amide bonds. The number of rotatable bonds is 2. The minimum atomic E-state index is -1.92. The van der Waals surface area contributed by atoms with Crippen molar-refractivity contribution < 1.29 is 24.3 Å². The van der Waals surface area contributed by atoms with Crippen molar-refractivity contribution in [1.29, 1.82) is 0 Å². The van der Waals surface area contributed by atoms with E-state index in [1.165, 1.54) is 11.9 Å². The molecule has 2 aromatic carbocycles. The molecule has 2 saturated carbocycles. The van der Waals surface area contributed by atoms with Gasteiger partial charge in [0.15, 0.2) is 9.75 Å². The number of fused-ring (bicyclic) bond motifs is 5. The summed E-state index contributed by atoms with van der Waals surface area (Å²) < 4.78 is 0. The first-order valence-corrected chi connectivity index (χ1v) is 14.8. The summed E-state index contributed by atoms with van der Waals surface area (Å²) in [4.78, 5) is 54.0. The highest BCUT2D eigenvalue weighted by Crippen LogP contribution is 2.66. The fourth-order valence-corrected chi connectivity index (χ4v) is 9.38. The van der Waals surface area contributed by atoms with Crippen molar-refractivity contribution in [2.24, 2.45) is 17.8 Å². The molecule has 0 aromatic heterocycles. The van der Waals surface area contributed by atoms with Crippen molar-refractivity contribution in [1.82, 2.24) is 9.80 Å². The lowest BCUT2D eigenvalue weighted by Gasteiger charge is -2.51. The van der Waals surface area contributed by atoms with E-state index in [4.69, 9.17) is 23.2 Å². The van der Waals surface area contributed by atoms with Crippen LogP contribution in [0.15, 0.2) is 48.0 Å². The summed E-state index contributed by atoms with van der Waals surface area (Å²) >= 11 is 14.6. The molecule has 40 heavy (non-hydrogen) atoms. The molecule has 208 valence electrons. The average Bonchev–Trinajstić information content (AvgIpc) is 3.29. The predicted octanol–water partition coefficient (Wildman–Crippen LogP) is 4.87. The molecule has 2 saturated heterocycles. The first-order chi connectivity index (χ1) is 19.1. The summed E-state index contributed by atoms with van der Waals surface area (Å²) in [5.74, 6) is -4.50. The third-order valence-electron chi connectivity index (χ3n) is 10.2. The lowest BCUT2D eigenvalue weighted by Crippen LogP contribution is -2.60. The number of carbonyl (C=O) groups is 4. The van der Waals surface area contributed by atoms with Gasteiger partial charge >= 0.3 is 0 Å². The van der Waals surface area contributed by atoms with E-state index in [9.17, 15) is 24.3 Å². The number of phenols is 1. The van der Waals surface area contributed by atoms with Crippen LogP contribution in [-0.2, 0) is 19.2 Å². The van der Waals surface area contributed by atoms with Crippen LogP contribution in [0.4, 0.5) is 0 Å². The fraction of sp³-hybridized carbons (Fsp3) is 0.484. The largest absolute Gasteiger partial charge is 0.508 e. The normalized spacial score (nSPS) is 36.1. The van der Waals surface area contributed by atoms with Gasteiger partial charge in [0.1, 0.15) is 5.75 Å². The summed E-state index contributed by atoms with van der Waals surface area (Å²) in [7, 11) is 1.37. The molecule has 1 N–H and O–H groups in total. The minimum Gasteiger partial charge on any atom is -0.508 e. The van der Waals surface area contributed by atoms with Crippen LogP contribution in [0.25, 0.3) is 10.8 Å². The van der Waals surface area contributed by atoms with E-state index in [1.54, 1.807) is 12.1 Å². The number of phenolic OH excluding ortho intramolecular Hbond substituents is 1. The maximum atomic E-state index is 14.1. The molecule has 0 unspecified atom stereocenters. The molecule has 6 atom stereocenters. The van der Waals surface area contributed by atoms with Crippen LogP contribution in [-0.4, -0.2) is 61.4 Å². The molecule has 0 bridgehead atoms. The van der Waals surface area contributed by atoms with Gasteiger partial charge in [0.05, 0.1) is 11.8 Å². The number of imide groups is 2. The van der Waals surface area contributed by atoms with E-state index in [0.29, 0.717) is 22.9 Å². The molecule has 5 aliphatic rings. The number of nitrogens with zero attached hydrogens (tertiary/aromatic N) is 2. The van der Waals surface area contributed by atoms with Crippen LogP contribution < -0.4 is 0 Å². The van der Waals surface area contributed by atoms with Gasteiger partial charge in [-0.25, -0.2) is 0 Å². The highest BCUT2D eigenvalue weighted by molar-refractivity contribution is 6.53. The van der Waals surface area contributed by atoms with Gasteiger partial charge in [-0.1, -0.05) is 61.2 Å². The summed E-state index contributed by atoms with van der Waals surface area (Å²) in [6, 6.07) is 10.7. The lowest BCUT2D eigenvalue weighted by molar-refractivity contribution is -0.144. The monoisotopic (exact) mass is 580 g/mol. The van der Waals surface area contributed by atoms with Crippen LogP contribution in [0.5, 0.6) is 5.75 Å². The van der Waals surface area contributed by atoms with E-state index >= 15 is 0 Å². The lowest BCUT2D eigenvalue weighted by atomic mass is 9.56. The van der Waals surface area contributed by atoms with Crippen molar-refractivity contribution in [2.75, 3.05) is 7.05 Å². The molecule has 2 heterocycles. The number of halogens is 2. The summed E-state index contributed by atoms with van der Waals surface area (Å²) in [5.41, 5.74) is 1.10. The summed E-state index contributed by atoms with van der Waals surface area (Å²) in [6.45, 7) is 0. The zero-order valence-electron chi connectivity index (χ0n) is 22.1. The maximum absolute atomic E-state index is 14.1. The number of allylic oxidation sites excluding steroid dienone is 2. The summed E-state index contributed by atoms with van der Waals surface area (Å²) in [5, 5.41) is 12.8. The fourth-order valence-electron chi connectivity index (χ4n) is 8.37. The Kier molecular flexibility index (Phi) is 5.72. The smallest absolute Gasteiger partial charge is 0.253 e. The van der Waals surface area contributed by atoms with Gasteiger partial charge in [-0.3, -0.25) is 29.0 Å². The highest BCUT2D eigenvalue weighted by atomic mass is 35.5. The first kappa shape index (κ1) is 26.0. The molecule has 3 aliphatic carbocycles. The van der Waals surface area contributed by atoms with Crippen LogP contribution in [0, 0.1) is 17.8 Å². The Labute approximate surface area is 242 Å².